The summed E-state index contributed by atoms with van der Waals surface area (Å²) in [7, 11) is 3.59. The third-order valence-electron chi connectivity index (χ3n) is 5.65. The second kappa shape index (κ2) is 9.71. The van der Waals surface area contributed by atoms with E-state index in [1.165, 1.54) is 11.1 Å². The van der Waals surface area contributed by atoms with Crippen molar-refractivity contribution in [2.45, 2.75) is 19.5 Å². The van der Waals surface area contributed by atoms with Crippen LogP contribution in [0.15, 0.2) is 54.6 Å². The molecule has 1 atom stereocenters. The number of methoxy groups -OCH3 is 1. The van der Waals surface area contributed by atoms with E-state index in [0.717, 1.165) is 38.5 Å². The van der Waals surface area contributed by atoms with Crippen LogP contribution in [0.25, 0.3) is 0 Å². The molecule has 2 aromatic rings. The average Bonchev–Trinajstić information content (AvgIpc) is 2.75. The first-order chi connectivity index (χ1) is 13.6. The Morgan fingerprint density at radius 3 is 2.21 bits per heavy atom. The third kappa shape index (κ3) is 5.33. The molecule has 150 valence electrons. The summed E-state index contributed by atoms with van der Waals surface area (Å²) < 4.78 is 5.22. The Labute approximate surface area is 168 Å². The summed E-state index contributed by atoms with van der Waals surface area (Å²) in [5.74, 6) is 1.07. The van der Waals surface area contributed by atoms with Crippen LogP contribution in [0.2, 0.25) is 0 Å². The van der Waals surface area contributed by atoms with Crippen molar-refractivity contribution in [2.24, 2.45) is 0 Å². The Kier molecular flexibility index (Phi) is 7.06. The van der Waals surface area contributed by atoms with Crippen molar-refractivity contribution >= 4 is 5.91 Å². The van der Waals surface area contributed by atoms with Crippen molar-refractivity contribution in [3.05, 3.63) is 65.7 Å². The highest BCUT2D eigenvalue weighted by Gasteiger charge is 2.23. The molecule has 1 aliphatic heterocycles. The highest BCUT2D eigenvalue weighted by atomic mass is 16.5. The van der Waals surface area contributed by atoms with Gasteiger partial charge in [0.05, 0.1) is 19.7 Å². The standard InChI is InChI=1S/C23H31N3O2/c1-19(21-7-5-4-6-8-21)24(2)23(27)18-26-15-13-25(14-16-26)17-20-9-11-22(28-3)12-10-20/h4-12,19H,13-18H2,1-3H3/t19-/m1/s1. The molecule has 0 unspecified atom stereocenters. The second-order valence-electron chi connectivity index (χ2n) is 7.49. The number of likely N-dealkylation sites (N-methyl/N-ethyl adjacent to an activating group) is 1. The van der Waals surface area contributed by atoms with Gasteiger partial charge in [-0.05, 0) is 30.2 Å². The number of nitrogens with zero attached hydrogens (tertiary/aromatic N) is 3. The number of benzene rings is 2. The molecule has 1 heterocycles. The smallest absolute Gasteiger partial charge is 0.236 e. The molecule has 2 aromatic carbocycles. The van der Waals surface area contributed by atoms with Gasteiger partial charge in [-0.1, -0.05) is 42.5 Å². The summed E-state index contributed by atoms with van der Waals surface area (Å²) in [6, 6.07) is 18.5. The molecule has 0 bridgehead atoms. The van der Waals surface area contributed by atoms with Crippen molar-refractivity contribution in [3.8, 4) is 5.75 Å². The van der Waals surface area contributed by atoms with Gasteiger partial charge in [0, 0.05) is 39.8 Å². The molecule has 28 heavy (non-hydrogen) atoms. The van der Waals surface area contributed by atoms with E-state index in [4.69, 9.17) is 4.74 Å². The fourth-order valence-corrected chi connectivity index (χ4v) is 3.57. The van der Waals surface area contributed by atoms with E-state index in [9.17, 15) is 4.79 Å². The maximum atomic E-state index is 12.7. The maximum Gasteiger partial charge on any atom is 0.236 e. The van der Waals surface area contributed by atoms with Gasteiger partial charge in [-0.3, -0.25) is 14.6 Å². The number of rotatable bonds is 7. The molecule has 1 fully saturated rings. The summed E-state index contributed by atoms with van der Waals surface area (Å²) in [6.45, 7) is 7.33. The van der Waals surface area contributed by atoms with Crippen LogP contribution < -0.4 is 4.74 Å². The van der Waals surface area contributed by atoms with Crippen LogP contribution in [0.5, 0.6) is 5.75 Å². The first-order valence-electron chi connectivity index (χ1n) is 9.95. The van der Waals surface area contributed by atoms with Crippen molar-refractivity contribution < 1.29 is 9.53 Å². The number of carbonyl (C=O) groups is 1. The lowest BCUT2D eigenvalue weighted by molar-refractivity contribution is -0.133. The molecular weight excluding hydrogens is 350 g/mol. The number of ether oxygens (including phenoxy) is 1. The molecule has 1 saturated heterocycles. The van der Waals surface area contributed by atoms with Gasteiger partial charge >= 0.3 is 0 Å². The van der Waals surface area contributed by atoms with E-state index in [1.807, 2.05) is 42.3 Å². The minimum absolute atomic E-state index is 0.0880. The zero-order chi connectivity index (χ0) is 19.9. The number of hydrogen-bond acceptors (Lipinski definition) is 4. The van der Waals surface area contributed by atoms with Gasteiger partial charge in [0.2, 0.25) is 5.91 Å². The van der Waals surface area contributed by atoms with Crippen molar-refractivity contribution in [1.29, 1.82) is 0 Å². The molecular formula is C23H31N3O2. The Hall–Kier alpha value is -2.37. The lowest BCUT2D eigenvalue weighted by Gasteiger charge is -2.35. The highest BCUT2D eigenvalue weighted by Crippen LogP contribution is 2.19. The quantitative estimate of drug-likeness (QED) is 0.739. The van der Waals surface area contributed by atoms with E-state index >= 15 is 0 Å². The van der Waals surface area contributed by atoms with E-state index < -0.39 is 0 Å². The maximum absolute atomic E-state index is 12.7. The van der Waals surface area contributed by atoms with Crippen LogP contribution in [-0.2, 0) is 11.3 Å². The molecule has 5 nitrogen and oxygen atoms in total. The molecule has 5 heteroatoms. The van der Waals surface area contributed by atoms with Crippen LogP contribution in [-0.4, -0.2) is 67.5 Å². The Morgan fingerprint density at radius 1 is 1.00 bits per heavy atom. The number of hydrogen-bond donors (Lipinski definition) is 0. The molecule has 1 aliphatic rings. The van der Waals surface area contributed by atoms with Crippen LogP contribution >= 0.6 is 0 Å². The minimum atomic E-state index is 0.0880. The van der Waals surface area contributed by atoms with Gasteiger partial charge in [-0.2, -0.15) is 0 Å². The molecule has 0 aromatic heterocycles. The number of carbonyl (C=O) groups excluding carboxylic acids is 1. The molecule has 3 rings (SSSR count). The molecule has 0 saturated carbocycles. The Balaban J connectivity index is 1.45. The summed E-state index contributed by atoms with van der Waals surface area (Å²) >= 11 is 0. The molecule has 0 spiro atoms. The van der Waals surface area contributed by atoms with E-state index in [2.05, 4.69) is 41.0 Å². The highest BCUT2D eigenvalue weighted by molar-refractivity contribution is 5.78. The topological polar surface area (TPSA) is 36.0 Å². The van der Waals surface area contributed by atoms with Gasteiger partial charge in [0.15, 0.2) is 0 Å². The zero-order valence-corrected chi connectivity index (χ0v) is 17.2. The van der Waals surface area contributed by atoms with Gasteiger partial charge in [0.25, 0.3) is 0 Å². The Morgan fingerprint density at radius 2 is 1.61 bits per heavy atom. The van der Waals surface area contributed by atoms with E-state index in [0.29, 0.717) is 6.54 Å². The fourth-order valence-electron chi connectivity index (χ4n) is 3.57. The predicted octanol–water partition coefficient (Wildman–Crippen LogP) is 3.03. The van der Waals surface area contributed by atoms with E-state index in [1.54, 1.807) is 7.11 Å². The number of piperazine rings is 1. The van der Waals surface area contributed by atoms with Crippen molar-refractivity contribution in [3.63, 3.8) is 0 Å². The lowest BCUT2D eigenvalue weighted by atomic mass is 10.1. The molecule has 0 radical (unpaired) electrons. The largest absolute Gasteiger partial charge is 0.497 e. The SMILES string of the molecule is COc1ccc(CN2CCN(CC(=O)N(C)[C@H](C)c3ccccc3)CC2)cc1. The molecule has 0 aliphatic carbocycles. The average molecular weight is 382 g/mol. The summed E-state index contributed by atoms with van der Waals surface area (Å²) in [5, 5.41) is 0. The lowest BCUT2D eigenvalue weighted by Crippen LogP contribution is -2.49. The normalized spacial score (nSPS) is 16.5. The molecule has 1 amide bonds. The molecule has 0 N–H and O–H groups in total. The van der Waals surface area contributed by atoms with Crippen molar-refractivity contribution in [2.75, 3.05) is 46.9 Å². The third-order valence-corrected chi connectivity index (χ3v) is 5.65. The number of amides is 1. The van der Waals surface area contributed by atoms with E-state index in [-0.39, 0.29) is 11.9 Å². The van der Waals surface area contributed by atoms with Gasteiger partial charge in [0.1, 0.15) is 5.75 Å². The summed E-state index contributed by atoms with van der Waals surface area (Å²) in [4.78, 5) is 19.3. The first-order valence-corrected chi connectivity index (χ1v) is 9.95. The van der Waals surface area contributed by atoms with Crippen LogP contribution in [0.1, 0.15) is 24.1 Å². The second-order valence-corrected chi connectivity index (χ2v) is 7.49. The summed E-state index contributed by atoms with van der Waals surface area (Å²) in [6.07, 6.45) is 0. The fraction of sp³-hybridized carbons (Fsp3) is 0.435. The van der Waals surface area contributed by atoms with Crippen LogP contribution in [0, 0.1) is 0 Å². The monoisotopic (exact) mass is 381 g/mol. The summed E-state index contributed by atoms with van der Waals surface area (Å²) in [5.41, 5.74) is 2.46. The first kappa shape index (κ1) is 20.4. The van der Waals surface area contributed by atoms with Crippen LogP contribution in [0.3, 0.4) is 0 Å². The van der Waals surface area contributed by atoms with Gasteiger partial charge in [-0.25, -0.2) is 0 Å². The van der Waals surface area contributed by atoms with Crippen LogP contribution in [0.4, 0.5) is 0 Å². The predicted molar refractivity (Wildman–Crippen MR) is 112 cm³/mol. The van der Waals surface area contributed by atoms with Gasteiger partial charge < -0.3 is 9.64 Å². The minimum Gasteiger partial charge on any atom is -0.497 e. The van der Waals surface area contributed by atoms with Crippen molar-refractivity contribution in [1.82, 2.24) is 14.7 Å². The Bertz CT molecular complexity index is 740. The zero-order valence-electron chi connectivity index (χ0n) is 17.2. The van der Waals surface area contributed by atoms with Gasteiger partial charge in [-0.15, -0.1) is 0 Å².